The van der Waals surface area contributed by atoms with Crippen LogP contribution in [0.3, 0.4) is 0 Å². The van der Waals surface area contributed by atoms with E-state index in [0.29, 0.717) is 6.04 Å². The number of nitrogens with zero attached hydrogens (tertiary/aromatic N) is 2. The number of para-hydroxylation sites is 1. The Labute approximate surface area is 150 Å². The van der Waals surface area contributed by atoms with Gasteiger partial charge in [-0.05, 0) is 49.4 Å². The van der Waals surface area contributed by atoms with Gasteiger partial charge in [-0.2, -0.15) is 0 Å². The highest BCUT2D eigenvalue weighted by atomic mass is 15.0. The lowest BCUT2D eigenvalue weighted by atomic mass is 9.96. The van der Waals surface area contributed by atoms with Gasteiger partial charge in [-0.15, -0.1) is 0 Å². The summed E-state index contributed by atoms with van der Waals surface area (Å²) in [5.41, 5.74) is 6.82. The van der Waals surface area contributed by atoms with Gasteiger partial charge in [0.2, 0.25) is 0 Å². The van der Waals surface area contributed by atoms with Crippen molar-refractivity contribution in [3.05, 3.63) is 65.1 Å². The molecule has 0 fully saturated rings. The third-order valence-electron chi connectivity index (χ3n) is 5.44. The fraction of sp³-hybridized carbons (Fsp3) is 0.409. The average molecular weight is 333 g/mol. The van der Waals surface area contributed by atoms with Crippen LogP contribution in [0, 0.1) is 6.92 Å². The molecule has 0 bridgehead atoms. The van der Waals surface area contributed by atoms with Crippen LogP contribution in [0.15, 0.2) is 42.6 Å². The van der Waals surface area contributed by atoms with Gasteiger partial charge in [-0.1, -0.05) is 37.6 Å². The summed E-state index contributed by atoms with van der Waals surface area (Å²) in [6.45, 7) is 6.32. The molecule has 1 aromatic carbocycles. The molecule has 4 rings (SSSR count). The Balaban J connectivity index is 1.66. The van der Waals surface area contributed by atoms with E-state index in [9.17, 15) is 0 Å². The first-order chi connectivity index (χ1) is 12.3. The van der Waals surface area contributed by atoms with Gasteiger partial charge in [0, 0.05) is 47.6 Å². The summed E-state index contributed by atoms with van der Waals surface area (Å²) < 4.78 is 2.53. The second kappa shape index (κ2) is 7.01. The number of benzene rings is 1. The number of aryl methyl sites for hydroxylation is 3. The Morgan fingerprint density at radius 1 is 1.20 bits per heavy atom. The number of nitrogens with one attached hydrogen (secondary N) is 1. The summed E-state index contributed by atoms with van der Waals surface area (Å²) >= 11 is 0. The van der Waals surface area contributed by atoms with E-state index in [-0.39, 0.29) is 0 Å². The van der Waals surface area contributed by atoms with Crippen LogP contribution in [0.25, 0.3) is 10.9 Å². The molecular formula is C22H27N3. The third-order valence-corrected chi connectivity index (χ3v) is 5.44. The first kappa shape index (κ1) is 16.3. The van der Waals surface area contributed by atoms with E-state index in [1.807, 2.05) is 13.1 Å². The summed E-state index contributed by atoms with van der Waals surface area (Å²) in [5, 5.41) is 5.20. The average Bonchev–Trinajstić information content (AvgIpc) is 2.95. The predicted octanol–water partition coefficient (Wildman–Crippen LogP) is 4.40. The van der Waals surface area contributed by atoms with Crippen molar-refractivity contribution in [2.45, 2.75) is 58.7 Å². The van der Waals surface area contributed by atoms with E-state index in [0.717, 1.165) is 31.6 Å². The number of pyridine rings is 1. The zero-order valence-electron chi connectivity index (χ0n) is 15.3. The maximum Gasteiger partial charge on any atom is 0.0485 e. The van der Waals surface area contributed by atoms with Crippen molar-refractivity contribution in [3.63, 3.8) is 0 Å². The Hall–Kier alpha value is -2.13. The van der Waals surface area contributed by atoms with Gasteiger partial charge in [0.15, 0.2) is 0 Å². The quantitative estimate of drug-likeness (QED) is 0.750. The molecule has 0 saturated carbocycles. The van der Waals surface area contributed by atoms with Crippen LogP contribution < -0.4 is 5.32 Å². The Morgan fingerprint density at radius 3 is 2.88 bits per heavy atom. The fourth-order valence-electron chi connectivity index (χ4n) is 4.11. The van der Waals surface area contributed by atoms with Gasteiger partial charge in [0.1, 0.15) is 0 Å². The molecule has 1 unspecified atom stereocenters. The topological polar surface area (TPSA) is 29.9 Å². The molecule has 25 heavy (non-hydrogen) atoms. The van der Waals surface area contributed by atoms with E-state index >= 15 is 0 Å². The summed E-state index contributed by atoms with van der Waals surface area (Å²) in [6.07, 6.45) is 6.70. The van der Waals surface area contributed by atoms with Crippen LogP contribution in [-0.4, -0.2) is 15.6 Å². The molecule has 2 aromatic heterocycles. The van der Waals surface area contributed by atoms with Crippen LogP contribution in [0.1, 0.15) is 42.3 Å². The number of fused-ring (bicyclic) bond motifs is 3. The molecular weight excluding hydrogens is 306 g/mol. The summed E-state index contributed by atoms with van der Waals surface area (Å²) in [5.74, 6) is 0. The van der Waals surface area contributed by atoms with Crippen molar-refractivity contribution in [1.29, 1.82) is 0 Å². The maximum absolute atomic E-state index is 4.44. The Morgan fingerprint density at radius 2 is 2.08 bits per heavy atom. The number of hydrogen-bond donors (Lipinski definition) is 1. The Bertz CT molecular complexity index is 861. The van der Waals surface area contributed by atoms with E-state index in [1.165, 1.54) is 35.0 Å². The first-order valence-corrected chi connectivity index (χ1v) is 9.50. The molecule has 130 valence electrons. The Kier molecular flexibility index (Phi) is 4.58. The molecule has 0 aliphatic carbocycles. The van der Waals surface area contributed by atoms with Gasteiger partial charge in [0.05, 0.1) is 0 Å². The van der Waals surface area contributed by atoms with Crippen molar-refractivity contribution in [3.8, 4) is 0 Å². The van der Waals surface area contributed by atoms with Gasteiger partial charge < -0.3 is 9.88 Å². The predicted molar refractivity (Wildman–Crippen MR) is 104 cm³/mol. The third kappa shape index (κ3) is 3.21. The largest absolute Gasteiger partial charge is 0.343 e. The van der Waals surface area contributed by atoms with Gasteiger partial charge >= 0.3 is 0 Å². The molecule has 1 atom stereocenters. The highest BCUT2D eigenvalue weighted by molar-refractivity contribution is 5.86. The molecule has 0 amide bonds. The van der Waals surface area contributed by atoms with Crippen molar-refractivity contribution < 1.29 is 0 Å². The molecule has 3 heteroatoms. The van der Waals surface area contributed by atoms with Gasteiger partial charge in [-0.25, -0.2) is 0 Å². The number of aromatic nitrogens is 2. The minimum absolute atomic E-state index is 0.623. The highest BCUT2D eigenvalue weighted by Crippen LogP contribution is 2.31. The molecule has 1 N–H and O–H groups in total. The van der Waals surface area contributed by atoms with Crippen LogP contribution >= 0.6 is 0 Å². The van der Waals surface area contributed by atoms with Crippen LogP contribution in [-0.2, 0) is 25.9 Å². The van der Waals surface area contributed by atoms with Gasteiger partial charge in [0.25, 0.3) is 0 Å². The minimum Gasteiger partial charge on any atom is -0.343 e. The lowest BCUT2D eigenvalue weighted by Gasteiger charge is -2.25. The zero-order valence-corrected chi connectivity index (χ0v) is 15.3. The summed E-state index contributed by atoms with van der Waals surface area (Å²) in [6, 6.07) is 13.8. The molecule has 3 heterocycles. The summed E-state index contributed by atoms with van der Waals surface area (Å²) in [4.78, 5) is 4.44. The maximum atomic E-state index is 4.44. The van der Waals surface area contributed by atoms with Crippen molar-refractivity contribution in [2.75, 3.05) is 0 Å². The molecule has 3 nitrogen and oxygen atoms in total. The van der Waals surface area contributed by atoms with E-state index in [2.05, 4.69) is 58.2 Å². The van der Waals surface area contributed by atoms with Crippen molar-refractivity contribution in [2.24, 2.45) is 0 Å². The molecule has 3 aromatic rings. The first-order valence-electron chi connectivity index (χ1n) is 9.50. The van der Waals surface area contributed by atoms with Gasteiger partial charge in [-0.3, -0.25) is 4.98 Å². The number of rotatable bonds is 5. The smallest absolute Gasteiger partial charge is 0.0485 e. The van der Waals surface area contributed by atoms with Crippen molar-refractivity contribution >= 4 is 10.9 Å². The molecule has 1 aliphatic rings. The zero-order chi connectivity index (χ0) is 17.2. The monoisotopic (exact) mass is 333 g/mol. The van der Waals surface area contributed by atoms with Crippen LogP contribution in [0.4, 0.5) is 0 Å². The van der Waals surface area contributed by atoms with Crippen LogP contribution in [0.2, 0.25) is 0 Å². The fourth-order valence-corrected chi connectivity index (χ4v) is 4.11. The SMILES string of the molecule is CCCC1Cc2c(n(CCc3ccc(C)nc3)c3ccccc23)CN1. The second-order valence-electron chi connectivity index (χ2n) is 7.22. The summed E-state index contributed by atoms with van der Waals surface area (Å²) in [7, 11) is 0. The van der Waals surface area contributed by atoms with E-state index < -0.39 is 0 Å². The molecule has 0 radical (unpaired) electrons. The lowest BCUT2D eigenvalue weighted by molar-refractivity contribution is 0.436. The minimum atomic E-state index is 0.623. The van der Waals surface area contributed by atoms with Crippen LogP contribution in [0.5, 0.6) is 0 Å². The normalized spacial score (nSPS) is 17.0. The molecule has 0 saturated heterocycles. The lowest BCUT2D eigenvalue weighted by Crippen LogP contribution is -2.36. The van der Waals surface area contributed by atoms with E-state index in [4.69, 9.17) is 0 Å². The van der Waals surface area contributed by atoms with Crippen molar-refractivity contribution in [1.82, 2.24) is 14.9 Å². The second-order valence-corrected chi connectivity index (χ2v) is 7.22. The van der Waals surface area contributed by atoms with E-state index in [1.54, 1.807) is 5.56 Å². The molecule has 1 aliphatic heterocycles. The standard InChI is InChI=1S/C22H27N3/c1-3-6-18-13-20-19-7-4-5-8-21(19)25(22(20)15-24-18)12-11-17-10-9-16(2)23-14-17/h4-5,7-10,14,18,24H,3,6,11-13,15H2,1-2H3. The highest BCUT2D eigenvalue weighted by Gasteiger charge is 2.24. The molecule has 0 spiro atoms. The number of hydrogen-bond acceptors (Lipinski definition) is 2.